The molecule has 0 atom stereocenters. The number of fused-ring (bicyclic) bond motifs is 1. The molecule has 0 bridgehead atoms. The van der Waals surface area contributed by atoms with E-state index < -0.39 is 10.1 Å². The van der Waals surface area contributed by atoms with Crippen LogP contribution in [0.25, 0.3) is 16.5 Å². The van der Waals surface area contributed by atoms with Gasteiger partial charge in [0.1, 0.15) is 4.90 Å². The van der Waals surface area contributed by atoms with Crippen LogP contribution in [-0.2, 0) is 10.1 Å². The summed E-state index contributed by atoms with van der Waals surface area (Å²) in [6.45, 7) is 1.74. The molecule has 6 nitrogen and oxygen atoms in total. The summed E-state index contributed by atoms with van der Waals surface area (Å²) in [5, 5.41) is 5.16. The Balaban J connectivity index is 2.31. The third kappa shape index (κ3) is 2.37. The van der Waals surface area contributed by atoms with Gasteiger partial charge in [0.25, 0.3) is 10.1 Å². The van der Waals surface area contributed by atoms with Crippen LogP contribution in [0.2, 0.25) is 0 Å². The summed E-state index contributed by atoms with van der Waals surface area (Å²) < 4.78 is 33.5. The van der Waals surface area contributed by atoms with Gasteiger partial charge in [0.05, 0.1) is 11.4 Å². The lowest BCUT2D eigenvalue weighted by Gasteiger charge is -2.07. The SMILES string of the molecule is Cc1cc([N])n(-c2ccc3cccc(S(=O)(=O)O)c3c2)n1. The lowest BCUT2D eigenvalue weighted by Crippen LogP contribution is -2.01. The van der Waals surface area contributed by atoms with Crippen molar-refractivity contribution in [3.8, 4) is 5.69 Å². The van der Waals surface area contributed by atoms with Crippen molar-refractivity contribution in [3.63, 3.8) is 0 Å². The first-order valence-corrected chi connectivity index (χ1v) is 7.56. The van der Waals surface area contributed by atoms with Gasteiger partial charge in [0.2, 0.25) is 0 Å². The predicted molar refractivity (Wildman–Crippen MR) is 77.4 cm³/mol. The molecule has 2 radical (unpaired) electrons. The molecule has 0 aliphatic carbocycles. The van der Waals surface area contributed by atoms with E-state index in [0.29, 0.717) is 22.2 Å². The van der Waals surface area contributed by atoms with Gasteiger partial charge in [0, 0.05) is 11.5 Å². The maximum Gasteiger partial charge on any atom is 0.295 e. The van der Waals surface area contributed by atoms with Gasteiger partial charge in [-0.2, -0.15) is 13.5 Å². The molecule has 0 saturated carbocycles. The van der Waals surface area contributed by atoms with Gasteiger partial charge in [0.15, 0.2) is 5.82 Å². The second-order valence-corrected chi connectivity index (χ2v) is 6.08. The number of rotatable bonds is 2. The van der Waals surface area contributed by atoms with E-state index in [1.807, 2.05) is 0 Å². The molecule has 0 spiro atoms. The van der Waals surface area contributed by atoms with Crippen LogP contribution in [0.4, 0.5) is 5.82 Å². The Labute approximate surface area is 121 Å². The Morgan fingerprint density at radius 3 is 2.57 bits per heavy atom. The zero-order valence-electron chi connectivity index (χ0n) is 11.1. The van der Waals surface area contributed by atoms with E-state index in [2.05, 4.69) is 5.10 Å². The summed E-state index contributed by atoms with van der Waals surface area (Å²) in [5.74, 6) is -0.0452. The smallest absolute Gasteiger partial charge is 0.282 e. The van der Waals surface area contributed by atoms with Gasteiger partial charge in [-0.3, -0.25) is 4.55 Å². The molecule has 3 aromatic rings. The maximum absolute atomic E-state index is 11.4. The largest absolute Gasteiger partial charge is 0.295 e. The fourth-order valence-electron chi connectivity index (χ4n) is 2.26. The van der Waals surface area contributed by atoms with Crippen LogP contribution in [0.1, 0.15) is 5.69 Å². The lowest BCUT2D eigenvalue weighted by molar-refractivity contribution is 0.484. The van der Waals surface area contributed by atoms with E-state index in [0.717, 1.165) is 0 Å². The van der Waals surface area contributed by atoms with E-state index in [1.54, 1.807) is 37.3 Å². The first kappa shape index (κ1) is 13.6. The lowest BCUT2D eigenvalue weighted by atomic mass is 10.1. The predicted octanol–water partition coefficient (Wildman–Crippen LogP) is 2.28. The van der Waals surface area contributed by atoms with Crippen LogP contribution in [0.15, 0.2) is 47.4 Å². The normalized spacial score (nSPS) is 11.9. The molecule has 1 N–H and O–H groups in total. The molecule has 7 heteroatoms. The Morgan fingerprint density at radius 2 is 1.95 bits per heavy atom. The van der Waals surface area contributed by atoms with Gasteiger partial charge < -0.3 is 0 Å². The molecule has 1 aromatic heterocycles. The van der Waals surface area contributed by atoms with E-state index in [4.69, 9.17) is 0 Å². The second-order valence-electron chi connectivity index (χ2n) is 4.69. The van der Waals surface area contributed by atoms with Crippen molar-refractivity contribution >= 4 is 26.7 Å². The summed E-state index contributed by atoms with van der Waals surface area (Å²) in [6, 6.07) is 11.1. The quantitative estimate of drug-likeness (QED) is 0.735. The molecule has 0 aliphatic rings. The van der Waals surface area contributed by atoms with Crippen molar-refractivity contribution in [2.45, 2.75) is 11.8 Å². The first-order chi connectivity index (χ1) is 9.86. The average Bonchev–Trinajstić information content (AvgIpc) is 2.75. The van der Waals surface area contributed by atoms with E-state index in [-0.39, 0.29) is 10.7 Å². The molecular weight excluding hydrogens is 290 g/mol. The zero-order valence-corrected chi connectivity index (χ0v) is 11.9. The zero-order chi connectivity index (χ0) is 15.2. The molecule has 0 unspecified atom stereocenters. The highest BCUT2D eigenvalue weighted by molar-refractivity contribution is 7.86. The van der Waals surface area contributed by atoms with Crippen LogP contribution in [0.3, 0.4) is 0 Å². The molecule has 106 valence electrons. The van der Waals surface area contributed by atoms with Gasteiger partial charge in [-0.15, -0.1) is 5.73 Å². The van der Waals surface area contributed by atoms with Crippen molar-refractivity contribution in [1.29, 1.82) is 0 Å². The number of aryl methyl sites for hydroxylation is 1. The van der Waals surface area contributed by atoms with Gasteiger partial charge >= 0.3 is 0 Å². The summed E-state index contributed by atoms with van der Waals surface area (Å²) in [7, 11) is -4.33. The summed E-state index contributed by atoms with van der Waals surface area (Å²) in [4.78, 5) is -0.176. The minimum atomic E-state index is -4.33. The molecule has 0 saturated heterocycles. The molecule has 3 rings (SSSR count). The highest BCUT2D eigenvalue weighted by Gasteiger charge is 2.15. The molecule has 0 amide bonds. The Hall–Kier alpha value is -2.38. The Bertz CT molecular complexity index is 945. The van der Waals surface area contributed by atoms with Crippen LogP contribution in [-0.4, -0.2) is 22.8 Å². The molecule has 0 fully saturated rings. The number of hydrogen-bond acceptors (Lipinski definition) is 3. The number of nitrogens with zero attached hydrogens (tertiary/aromatic N) is 3. The molecular formula is C14H11N3O3S. The summed E-state index contributed by atoms with van der Waals surface area (Å²) in [6.07, 6.45) is 0. The fraction of sp³-hybridized carbons (Fsp3) is 0.0714. The van der Waals surface area contributed by atoms with Crippen molar-refractivity contribution in [3.05, 3.63) is 48.2 Å². The second kappa shape index (κ2) is 4.57. The fourth-order valence-corrected chi connectivity index (χ4v) is 2.97. The standard InChI is InChI=1S/C14H11N3O3S/c1-9-7-14(15)17(16-9)11-6-5-10-3-2-4-13(12(10)8-11)21(18,19)20/h2-8H,1H3,(H,18,19,20). The van der Waals surface area contributed by atoms with Crippen molar-refractivity contribution in [2.24, 2.45) is 0 Å². The minimum Gasteiger partial charge on any atom is -0.282 e. The monoisotopic (exact) mass is 301 g/mol. The van der Waals surface area contributed by atoms with Crippen molar-refractivity contribution in [2.75, 3.05) is 0 Å². The van der Waals surface area contributed by atoms with Gasteiger partial charge in [-0.05, 0) is 30.5 Å². The number of hydrogen-bond donors (Lipinski definition) is 1. The van der Waals surface area contributed by atoms with Crippen LogP contribution in [0.5, 0.6) is 0 Å². The van der Waals surface area contributed by atoms with E-state index >= 15 is 0 Å². The van der Waals surface area contributed by atoms with Crippen LogP contribution in [0, 0.1) is 6.92 Å². The summed E-state index contributed by atoms with van der Waals surface area (Å²) in [5.41, 5.74) is 11.0. The van der Waals surface area contributed by atoms with Gasteiger partial charge in [-0.1, -0.05) is 18.2 Å². The van der Waals surface area contributed by atoms with Crippen molar-refractivity contribution in [1.82, 2.24) is 15.5 Å². The topological polar surface area (TPSA) is 94.5 Å². The highest BCUT2D eigenvalue weighted by atomic mass is 32.2. The molecule has 1 heterocycles. The van der Waals surface area contributed by atoms with E-state index in [9.17, 15) is 18.7 Å². The van der Waals surface area contributed by atoms with Crippen LogP contribution < -0.4 is 5.73 Å². The Morgan fingerprint density at radius 1 is 1.19 bits per heavy atom. The third-order valence-corrected chi connectivity index (χ3v) is 4.07. The van der Waals surface area contributed by atoms with Gasteiger partial charge in [-0.25, -0.2) is 4.68 Å². The maximum atomic E-state index is 11.4. The number of benzene rings is 2. The molecule has 21 heavy (non-hydrogen) atoms. The number of aromatic nitrogens is 2. The molecule has 0 aliphatic heterocycles. The molecule has 2 aromatic carbocycles. The highest BCUT2D eigenvalue weighted by Crippen LogP contribution is 2.26. The first-order valence-electron chi connectivity index (χ1n) is 6.12. The Kier molecular flexibility index (Phi) is 2.96. The average molecular weight is 301 g/mol. The van der Waals surface area contributed by atoms with Crippen molar-refractivity contribution < 1.29 is 13.0 Å². The summed E-state index contributed by atoms with van der Waals surface area (Å²) >= 11 is 0. The van der Waals surface area contributed by atoms with Crippen LogP contribution >= 0.6 is 0 Å². The van der Waals surface area contributed by atoms with E-state index in [1.165, 1.54) is 16.8 Å². The third-order valence-electron chi connectivity index (χ3n) is 3.16. The minimum absolute atomic E-state index is 0.0452.